The molecule has 0 radical (unpaired) electrons. The Balaban J connectivity index is 3.05. The lowest BCUT2D eigenvalue weighted by molar-refractivity contribution is 0.169. The maximum Gasteiger partial charge on any atom is 0.172 e. The van der Waals surface area contributed by atoms with Crippen molar-refractivity contribution in [2.45, 2.75) is 12.5 Å². The van der Waals surface area contributed by atoms with E-state index < -0.39 is 6.10 Å². The minimum Gasteiger partial charge on any atom is -0.503 e. The molecule has 0 aromatic heterocycles. The van der Waals surface area contributed by atoms with E-state index in [2.05, 4.69) is 15.9 Å². The number of hydrogen-bond acceptors (Lipinski definition) is 4. The van der Waals surface area contributed by atoms with Crippen LogP contribution in [0.5, 0.6) is 11.5 Å². The number of benzene rings is 1. The number of rotatable bonds is 4. The molecular formula is C10H14BrNO3. The van der Waals surface area contributed by atoms with Gasteiger partial charge in [-0.1, -0.05) is 0 Å². The van der Waals surface area contributed by atoms with Crippen LogP contribution < -0.4 is 10.5 Å². The molecule has 0 unspecified atom stereocenters. The van der Waals surface area contributed by atoms with Gasteiger partial charge in [0.1, 0.15) is 0 Å². The van der Waals surface area contributed by atoms with E-state index in [4.69, 9.17) is 10.5 Å². The monoisotopic (exact) mass is 275 g/mol. The van der Waals surface area contributed by atoms with Gasteiger partial charge in [-0.3, -0.25) is 0 Å². The molecule has 4 N–H and O–H groups in total. The van der Waals surface area contributed by atoms with Gasteiger partial charge in [0, 0.05) is 0 Å². The second-order valence-electron chi connectivity index (χ2n) is 3.15. The van der Waals surface area contributed by atoms with Gasteiger partial charge in [0.15, 0.2) is 11.5 Å². The van der Waals surface area contributed by atoms with E-state index in [0.29, 0.717) is 28.8 Å². The molecule has 0 spiro atoms. The zero-order valence-corrected chi connectivity index (χ0v) is 9.99. The molecule has 1 atom stereocenters. The predicted molar refractivity (Wildman–Crippen MR) is 61.0 cm³/mol. The first-order valence-electron chi connectivity index (χ1n) is 4.54. The summed E-state index contributed by atoms with van der Waals surface area (Å²) >= 11 is 3.18. The molecule has 84 valence electrons. The molecule has 4 nitrogen and oxygen atoms in total. The number of halogens is 1. The minimum absolute atomic E-state index is 0.0289. The molecule has 0 aliphatic carbocycles. The summed E-state index contributed by atoms with van der Waals surface area (Å²) < 4.78 is 5.47. The van der Waals surface area contributed by atoms with Gasteiger partial charge < -0.3 is 20.7 Å². The fourth-order valence-electron chi connectivity index (χ4n) is 1.27. The molecule has 0 saturated heterocycles. The molecule has 0 aliphatic heterocycles. The Labute approximate surface area is 96.8 Å². The Kier molecular flexibility index (Phi) is 4.38. The van der Waals surface area contributed by atoms with Crippen LogP contribution >= 0.6 is 15.9 Å². The van der Waals surface area contributed by atoms with E-state index in [9.17, 15) is 10.2 Å². The first-order chi connectivity index (χ1) is 7.10. The summed E-state index contributed by atoms with van der Waals surface area (Å²) in [5, 5.41) is 19.3. The van der Waals surface area contributed by atoms with E-state index in [0.717, 1.165) is 0 Å². The van der Waals surface area contributed by atoms with Crippen molar-refractivity contribution in [1.29, 1.82) is 0 Å². The van der Waals surface area contributed by atoms with Crippen LogP contribution in [-0.2, 0) is 0 Å². The number of aromatic hydroxyl groups is 1. The fourth-order valence-corrected chi connectivity index (χ4v) is 1.73. The number of methoxy groups -OCH3 is 1. The van der Waals surface area contributed by atoms with Gasteiger partial charge in [0.2, 0.25) is 0 Å². The average molecular weight is 276 g/mol. The molecule has 0 amide bonds. The van der Waals surface area contributed by atoms with E-state index in [-0.39, 0.29) is 5.75 Å². The normalized spacial score (nSPS) is 12.5. The molecule has 15 heavy (non-hydrogen) atoms. The van der Waals surface area contributed by atoms with Gasteiger partial charge in [-0.05, 0) is 46.6 Å². The van der Waals surface area contributed by atoms with Crippen LogP contribution in [0.1, 0.15) is 18.1 Å². The zero-order valence-electron chi connectivity index (χ0n) is 8.40. The van der Waals surface area contributed by atoms with Crippen LogP contribution in [0, 0.1) is 0 Å². The lowest BCUT2D eigenvalue weighted by Gasteiger charge is -2.13. The minimum atomic E-state index is -0.638. The molecule has 0 aliphatic rings. The summed E-state index contributed by atoms with van der Waals surface area (Å²) in [5.41, 5.74) is 6.02. The maximum absolute atomic E-state index is 9.72. The lowest BCUT2D eigenvalue weighted by Crippen LogP contribution is -2.06. The molecule has 0 saturated carbocycles. The molecule has 5 heteroatoms. The summed E-state index contributed by atoms with van der Waals surface area (Å²) in [4.78, 5) is 0. The fraction of sp³-hybridized carbons (Fsp3) is 0.400. The predicted octanol–water partition coefficient (Wildman–Crippen LogP) is 1.55. The number of phenolic OH excluding ortho intramolecular Hbond substituents is 1. The largest absolute Gasteiger partial charge is 0.503 e. The van der Waals surface area contributed by atoms with Crippen LogP contribution in [0.15, 0.2) is 16.6 Å². The Hall–Kier alpha value is -0.780. The van der Waals surface area contributed by atoms with Gasteiger partial charge in [-0.2, -0.15) is 0 Å². The number of hydrogen-bond donors (Lipinski definition) is 3. The van der Waals surface area contributed by atoms with Crippen LogP contribution in [0.25, 0.3) is 0 Å². The summed E-state index contributed by atoms with van der Waals surface area (Å²) in [6, 6.07) is 3.25. The van der Waals surface area contributed by atoms with Crippen molar-refractivity contribution in [2.24, 2.45) is 5.73 Å². The SMILES string of the molecule is COc1cc([C@H](O)CCN)cc(Br)c1O. The van der Waals surface area contributed by atoms with Gasteiger partial charge >= 0.3 is 0 Å². The first-order valence-corrected chi connectivity index (χ1v) is 5.34. The highest BCUT2D eigenvalue weighted by molar-refractivity contribution is 9.10. The highest BCUT2D eigenvalue weighted by atomic mass is 79.9. The van der Waals surface area contributed by atoms with Crippen LogP contribution in [0.2, 0.25) is 0 Å². The van der Waals surface area contributed by atoms with Crippen LogP contribution in [0.3, 0.4) is 0 Å². The smallest absolute Gasteiger partial charge is 0.172 e. The topological polar surface area (TPSA) is 75.7 Å². The van der Waals surface area contributed by atoms with Gasteiger partial charge in [-0.15, -0.1) is 0 Å². The summed E-state index contributed by atoms with van der Waals surface area (Å²) in [6.45, 7) is 0.405. The van der Waals surface area contributed by atoms with Crippen LogP contribution in [0.4, 0.5) is 0 Å². The van der Waals surface area contributed by atoms with Crippen molar-refractivity contribution >= 4 is 15.9 Å². The summed E-state index contributed by atoms with van der Waals surface area (Å²) in [6.07, 6.45) is -0.166. The van der Waals surface area contributed by atoms with E-state index in [1.54, 1.807) is 12.1 Å². The van der Waals surface area contributed by atoms with E-state index >= 15 is 0 Å². The van der Waals surface area contributed by atoms with E-state index in [1.165, 1.54) is 7.11 Å². The molecule has 0 fully saturated rings. The zero-order chi connectivity index (χ0) is 11.4. The molecule has 1 rings (SSSR count). The van der Waals surface area contributed by atoms with Gasteiger partial charge in [0.05, 0.1) is 17.7 Å². The summed E-state index contributed by atoms with van der Waals surface area (Å²) in [7, 11) is 1.46. The van der Waals surface area contributed by atoms with E-state index in [1.807, 2.05) is 0 Å². The Morgan fingerprint density at radius 2 is 2.20 bits per heavy atom. The molecule has 0 bridgehead atoms. The van der Waals surface area contributed by atoms with Crippen molar-refractivity contribution in [2.75, 3.05) is 13.7 Å². The molecule has 0 heterocycles. The standard InChI is InChI=1S/C10H14BrNO3/c1-15-9-5-6(8(13)2-3-12)4-7(11)10(9)14/h4-5,8,13-14H,2-3,12H2,1H3/t8-/m1/s1. The third-order valence-electron chi connectivity index (χ3n) is 2.10. The molecule has 1 aromatic carbocycles. The van der Waals surface area contributed by atoms with Crippen molar-refractivity contribution in [3.63, 3.8) is 0 Å². The van der Waals surface area contributed by atoms with Crippen molar-refractivity contribution in [1.82, 2.24) is 0 Å². The van der Waals surface area contributed by atoms with Crippen molar-refractivity contribution in [3.8, 4) is 11.5 Å². The Bertz CT molecular complexity index is 344. The second-order valence-corrected chi connectivity index (χ2v) is 4.00. The van der Waals surface area contributed by atoms with Crippen LogP contribution in [-0.4, -0.2) is 23.9 Å². The third-order valence-corrected chi connectivity index (χ3v) is 2.70. The van der Waals surface area contributed by atoms with Crippen molar-refractivity contribution < 1.29 is 14.9 Å². The molecular weight excluding hydrogens is 262 g/mol. The highest BCUT2D eigenvalue weighted by Crippen LogP contribution is 2.37. The average Bonchev–Trinajstić information content (AvgIpc) is 2.22. The van der Waals surface area contributed by atoms with Gasteiger partial charge in [0.25, 0.3) is 0 Å². The quantitative estimate of drug-likeness (QED) is 0.779. The maximum atomic E-state index is 9.72. The molecule has 1 aromatic rings. The highest BCUT2D eigenvalue weighted by Gasteiger charge is 2.13. The number of aliphatic hydroxyl groups is 1. The Morgan fingerprint density at radius 1 is 1.53 bits per heavy atom. The first kappa shape index (κ1) is 12.3. The van der Waals surface area contributed by atoms with Crippen molar-refractivity contribution in [3.05, 3.63) is 22.2 Å². The lowest BCUT2D eigenvalue weighted by atomic mass is 10.1. The number of phenols is 1. The third kappa shape index (κ3) is 2.84. The second kappa shape index (κ2) is 5.34. The summed E-state index contributed by atoms with van der Waals surface area (Å²) in [5.74, 6) is 0.358. The number of aliphatic hydroxyl groups excluding tert-OH is 1. The Morgan fingerprint density at radius 3 is 2.73 bits per heavy atom. The van der Waals surface area contributed by atoms with Gasteiger partial charge in [-0.25, -0.2) is 0 Å². The number of nitrogens with two attached hydrogens (primary N) is 1. The number of ether oxygens (including phenoxy) is 1.